The first kappa shape index (κ1) is 12.0. The average Bonchev–Trinajstić information content (AvgIpc) is 3.07. The summed E-state index contributed by atoms with van der Waals surface area (Å²) in [4.78, 5) is 15.9. The third-order valence-electron chi connectivity index (χ3n) is 2.74. The summed E-state index contributed by atoms with van der Waals surface area (Å²) in [6.45, 7) is 4.59. The maximum atomic E-state index is 11.7. The van der Waals surface area contributed by atoms with Crippen LogP contribution >= 0.6 is 0 Å². The van der Waals surface area contributed by atoms with Crippen molar-refractivity contribution in [1.82, 2.24) is 25.8 Å². The zero-order valence-electron chi connectivity index (χ0n) is 10.1. The van der Waals surface area contributed by atoms with Crippen LogP contribution in [0.3, 0.4) is 0 Å². The molecule has 0 aromatic carbocycles. The normalized spacial score (nSPS) is 14.9. The monoisotopic (exact) mass is 237 g/mol. The molecule has 1 aliphatic carbocycles. The van der Waals surface area contributed by atoms with Gasteiger partial charge in [0.1, 0.15) is 5.82 Å². The van der Waals surface area contributed by atoms with Crippen LogP contribution < -0.4 is 10.6 Å². The SMILES string of the molecule is CCNCCCNC(=O)c1n[nH]c(C2CC2)n1. The first-order valence-electron chi connectivity index (χ1n) is 6.22. The Hall–Kier alpha value is -1.43. The molecular weight excluding hydrogens is 218 g/mol. The van der Waals surface area contributed by atoms with Gasteiger partial charge in [0.15, 0.2) is 0 Å². The van der Waals surface area contributed by atoms with E-state index in [4.69, 9.17) is 0 Å². The molecule has 0 aliphatic heterocycles. The van der Waals surface area contributed by atoms with E-state index in [9.17, 15) is 4.79 Å². The molecule has 1 fully saturated rings. The summed E-state index contributed by atoms with van der Waals surface area (Å²) < 4.78 is 0. The van der Waals surface area contributed by atoms with E-state index in [1.165, 1.54) is 0 Å². The molecular formula is C11H19N5O. The fourth-order valence-corrected chi connectivity index (χ4v) is 1.59. The van der Waals surface area contributed by atoms with Crippen LogP contribution in [0, 0.1) is 0 Å². The fraction of sp³-hybridized carbons (Fsp3) is 0.727. The minimum atomic E-state index is -0.190. The second-order valence-corrected chi connectivity index (χ2v) is 4.28. The third kappa shape index (κ3) is 3.52. The van der Waals surface area contributed by atoms with Crippen molar-refractivity contribution in [3.63, 3.8) is 0 Å². The Kier molecular flexibility index (Phi) is 4.08. The number of rotatable bonds is 7. The molecule has 0 atom stereocenters. The zero-order chi connectivity index (χ0) is 12.1. The number of amides is 1. The van der Waals surface area contributed by atoms with Gasteiger partial charge in [-0.15, -0.1) is 5.10 Å². The molecule has 1 heterocycles. The van der Waals surface area contributed by atoms with Crippen LogP contribution in [-0.4, -0.2) is 40.7 Å². The van der Waals surface area contributed by atoms with E-state index in [0.29, 0.717) is 12.5 Å². The fourth-order valence-electron chi connectivity index (χ4n) is 1.59. The van der Waals surface area contributed by atoms with Gasteiger partial charge in [-0.2, -0.15) is 0 Å². The summed E-state index contributed by atoms with van der Waals surface area (Å²) >= 11 is 0. The highest BCUT2D eigenvalue weighted by Gasteiger charge is 2.28. The number of hydrogen-bond acceptors (Lipinski definition) is 4. The van der Waals surface area contributed by atoms with Crippen molar-refractivity contribution in [2.24, 2.45) is 0 Å². The quantitative estimate of drug-likeness (QED) is 0.600. The molecule has 17 heavy (non-hydrogen) atoms. The Morgan fingerprint density at radius 2 is 2.29 bits per heavy atom. The molecule has 94 valence electrons. The summed E-state index contributed by atoms with van der Waals surface area (Å²) in [6, 6.07) is 0. The predicted molar refractivity (Wildman–Crippen MR) is 63.9 cm³/mol. The molecule has 0 spiro atoms. The minimum absolute atomic E-state index is 0.190. The first-order valence-corrected chi connectivity index (χ1v) is 6.22. The van der Waals surface area contributed by atoms with Crippen LogP contribution in [0.2, 0.25) is 0 Å². The van der Waals surface area contributed by atoms with E-state index in [2.05, 4.69) is 32.7 Å². The van der Waals surface area contributed by atoms with Gasteiger partial charge in [0, 0.05) is 12.5 Å². The lowest BCUT2D eigenvalue weighted by molar-refractivity contribution is 0.0943. The third-order valence-corrected chi connectivity index (χ3v) is 2.74. The van der Waals surface area contributed by atoms with Crippen molar-refractivity contribution in [2.45, 2.75) is 32.1 Å². The Bertz CT molecular complexity index is 372. The highest BCUT2D eigenvalue weighted by molar-refractivity contribution is 5.90. The van der Waals surface area contributed by atoms with E-state index in [0.717, 1.165) is 38.2 Å². The van der Waals surface area contributed by atoms with Crippen molar-refractivity contribution < 1.29 is 4.79 Å². The van der Waals surface area contributed by atoms with Crippen LogP contribution in [0.15, 0.2) is 0 Å². The second-order valence-electron chi connectivity index (χ2n) is 4.28. The zero-order valence-corrected chi connectivity index (χ0v) is 10.1. The van der Waals surface area contributed by atoms with Gasteiger partial charge in [0.05, 0.1) is 0 Å². The Morgan fingerprint density at radius 3 is 3.00 bits per heavy atom. The lowest BCUT2D eigenvalue weighted by Crippen LogP contribution is -2.28. The highest BCUT2D eigenvalue weighted by Crippen LogP contribution is 2.37. The van der Waals surface area contributed by atoms with E-state index in [1.54, 1.807) is 0 Å². The van der Waals surface area contributed by atoms with Crippen LogP contribution in [0.25, 0.3) is 0 Å². The molecule has 0 saturated heterocycles. The Morgan fingerprint density at radius 1 is 1.47 bits per heavy atom. The molecule has 1 aromatic rings. The first-order chi connectivity index (χ1) is 8.31. The molecule has 1 aliphatic rings. The summed E-state index contributed by atoms with van der Waals surface area (Å²) in [6.07, 6.45) is 3.22. The minimum Gasteiger partial charge on any atom is -0.349 e. The van der Waals surface area contributed by atoms with Crippen LogP contribution in [0.4, 0.5) is 0 Å². The molecule has 6 nitrogen and oxygen atoms in total. The van der Waals surface area contributed by atoms with Gasteiger partial charge in [-0.1, -0.05) is 6.92 Å². The molecule has 1 saturated carbocycles. The maximum Gasteiger partial charge on any atom is 0.290 e. The summed E-state index contributed by atoms with van der Waals surface area (Å²) in [7, 11) is 0. The van der Waals surface area contributed by atoms with Crippen LogP contribution in [0.1, 0.15) is 48.5 Å². The maximum absolute atomic E-state index is 11.7. The van der Waals surface area contributed by atoms with Gasteiger partial charge >= 0.3 is 0 Å². The summed E-state index contributed by atoms with van der Waals surface area (Å²) in [5.74, 6) is 1.42. The molecule has 3 N–H and O–H groups in total. The highest BCUT2D eigenvalue weighted by atomic mass is 16.2. The topological polar surface area (TPSA) is 82.7 Å². The van der Waals surface area contributed by atoms with E-state index in [1.807, 2.05) is 0 Å². The van der Waals surface area contributed by atoms with Crippen molar-refractivity contribution >= 4 is 5.91 Å². The van der Waals surface area contributed by atoms with Crippen molar-refractivity contribution in [3.8, 4) is 0 Å². The van der Waals surface area contributed by atoms with Gasteiger partial charge in [0.2, 0.25) is 5.82 Å². The van der Waals surface area contributed by atoms with Gasteiger partial charge in [-0.3, -0.25) is 9.89 Å². The van der Waals surface area contributed by atoms with E-state index in [-0.39, 0.29) is 11.7 Å². The number of hydrogen-bond donors (Lipinski definition) is 3. The number of nitrogens with zero attached hydrogens (tertiary/aromatic N) is 2. The number of nitrogens with one attached hydrogen (secondary N) is 3. The summed E-state index contributed by atoms with van der Waals surface area (Å²) in [5, 5.41) is 12.8. The second kappa shape index (κ2) is 5.77. The molecule has 6 heteroatoms. The molecule has 0 unspecified atom stereocenters. The largest absolute Gasteiger partial charge is 0.349 e. The van der Waals surface area contributed by atoms with Crippen LogP contribution in [0.5, 0.6) is 0 Å². The molecule has 1 aromatic heterocycles. The van der Waals surface area contributed by atoms with Crippen LogP contribution in [-0.2, 0) is 0 Å². The van der Waals surface area contributed by atoms with Gasteiger partial charge in [-0.25, -0.2) is 4.98 Å². The smallest absolute Gasteiger partial charge is 0.290 e. The van der Waals surface area contributed by atoms with E-state index < -0.39 is 0 Å². The standard InChI is InChI=1S/C11H19N5O/c1-2-12-6-3-7-13-11(17)10-14-9(15-16-10)8-4-5-8/h8,12H,2-7H2,1H3,(H,13,17)(H,14,15,16). The molecule has 2 rings (SSSR count). The van der Waals surface area contributed by atoms with Crippen molar-refractivity contribution in [3.05, 3.63) is 11.6 Å². The average molecular weight is 237 g/mol. The van der Waals surface area contributed by atoms with Crippen molar-refractivity contribution in [1.29, 1.82) is 0 Å². The Balaban J connectivity index is 1.70. The molecule has 1 amide bonds. The number of aromatic amines is 1. The molecule has 0 radical (unpaired) electrons. The summed E-state index contributed by atoms with van der Waals surface area (Å²) in [5.41, 5.74) is 0. The van der Waals surface area contributed by atoms with E-state index >= 15 is 0 Å². The number of aromatic nitrogens is 3. The van der Waals surface area contributed by atoms with Gasteiger partial charge in [-0.05, 0) is 32.4 Å². The van der Waals surface area contributed by atoms with Gasteiger partial charge in [0.25, 0.3) is 5.91 Å². The number of carbonyl (C=O) groups excluding carboxylic acids is 1. The molecule has 0 bridgehead atoms. The van der Waals surface area contributed by atoms with Crippen molar-refractivity contribution in [2.75, 3.05) is 19.6 Å². The van der Waals surface area contributed by atoms with Gasteiger partial charge < -0.3 is 10.6 Å². The number of carbonyl (C=O) groups is 1. The lowest BCUT2D eigenvalue weighted by atomic mass is 10.4. The Labute approximate surface area is 101 Å². The lowest BCUT2D eigenvalue weighted by Gasteiger charge is -2.02. The predicted octanol–water partition coefficient (Wildman–Crippen LogP) is 0.411. The number of H-pyrrole nitrogens is 1.